The van der Waals surface area contributed by atoms with Gasteiger partial charge in [0.25, 0.3) is 5.91 Å². The van der Waals surface area contributed by atoms with Gasteiger partial charge in [-0.15, -0.1) is 0 Å². The van der Waals surface area contributed by atoms with Gasteiger partial charge in [0.2, 0.25) is 5.91 Å². The summed E-state index contributed by atoms with van der Waals surface area (Å²) in [4.78, 5) is 25.7. The van der Waals surface area contributed by atoms with Gasteiger partial charge in [-0.1, -0.05) is 43.7 Å². The Hall–Kier alpha value is -1.75. The zero-order valence-electron chi connectivity index (χ0n) is 12.6. The molecule has 4 nitrogen and oxygen atoms in total. The third-order valence-electron chi connectivity index (χ3n) is 4.28. The Morgan fingerprint density at radius 3 is 2.91 bits per heavy atom. The van der Waals surface area contributed by atoms with E-state index in [9.17, 15) is 9.59 Å². The largest absolute Gasteiger partial charge is 0.350 e. The fourth-order valence-corrected chi connectivity index (χ4v) is 3.90. The van der Waals surface area contributed by atoms with Crippen LogP contribution >= 0.6 is 11.8 Å². The summed E-state index contributed by atoms with van der Waals surface area (Å²) in [5.41, 5.74) is 0.802. The summed E-state index contributed by atoms with van der Waals surface area (Å²) in [7, 11) is 0. The zero-order chi connectivity index (χ0) is 15.5. The fourth-order valence-electron chi connectivity index (χ4n) is 2.98. The lowest BCUT2D eigenvalue weighted by Gasteiger charge is -2.29. The number of thioether (sulfide) groups is 1. The topological polar surface area (TPSA) is 58.2 Å². The molecule has 0 saturated heterocycles. The second-order valence-corrected chi connectivity index (χ2v) is 7.02. The molecule has 2 N–H and O–H groups in total. The van der Waals surface area contributed by atoms with Gasteiger partial charge in [0.15, 0.2) is 0 Å². The maximum atomic E-state index is 12.2. The van der Waals surface area contributed by atoms with Gasteiger partial charge in [-0.05, 0) is 30.9 Å². The number of anilines is 1. The Morgan fingerprint density at radius 2 is 2.09 bits per heavy atom. The van der Waals surface area contributed by atoms with E-state index in [1.807, 2.05) is 24.3 Å². The molecule has 0 aromatic heterocycles. The van der Waals surface area contributed by atoms with Gasteiger partial charge in [0, 0.05) is 17.0 Å². The number of para-hydroxylation sites is 1. The number of nitrogens with one attached hydrogen (secondary N) is 2. The highest BCUT2D eigenvalue weighted by Gasteiger charge is 2.24. The first-order chi connectivity index (χ1) is 10.6. The van der Waals surface area contributed by atoms with Crippen molar-refractivity contribution in [2.24, 2.45) is 5.92 Å². The number of amides is 2. The van der Waals surface area contributed by atoms with Crippen molar-refractivity contribution in [3.05, 3.63) is 35.2 Å². The van der Waals surface area contributed by atoms with Crippen LogP contribution in [0.1, 0.15) is 32.6 Å². The molecule has 2 atom stereocenters. The molecule has 1 aromatic carbocycles. The summed E-state index contributed by atoms with van der Waals surface area (Å²) < 4.78 is 0. The summed E-state index contributed by atoms with van der Waals surface area (Å²) in [6.07, 6.45) is 6.01. The van der Waals surface area contributed by atoms with E-state index in [-0.39, 0.29) is 17.9 Å². The second-order valence-electron chi connectivity index (χ2n) is 5.94. The monoisotopic (exact) mass is 316 g/mol. The predicted molar refractivity (Wildman–Crippen MR) is 88.6 cm³/mol. The molecule has 116 valence electrons. The summed E-state index contributed by atoms with van der Waals surface area (Å²) in [5.74, 6) is 0.121. The van der Waals surface area contributed by atoms with Crippen LogP contribution in [0.2, 0.25) is 0 Å². The van der Waals surface area contributed by atoms with Crippen molar-refractivity contribution in [1.82, 2.24) is 5.32 Å². The van der Waals surface area contributed by atoms with Gasteiger partial charge >= 0.3 is 0 Å². The maximum Gasteiger partial charge on any atom is 0.262 e. The van der Waals surface area contributed by atoms with E-state index in [0.29, 0.717) is 10.8 Å². The van der Waals surface area contributed by atoms with E-state index in [1.165, 1.54) is 24.3 Å². The number of hydrogen-bond acceptors (Lipinski definition) is 3. The van der Waals surface area contributed by atoms with Crippen molar-refractivity contribution in [2.75, 3.05) is 5.32 Å². The molecule has 1 heterocycles. The first-order valence-corrected chi connectivity index (χ1v) is 8.55. The van der Waals surface area contributed by atoms with Crippen molar-refractivity contribution in [3.63, 3.8) is 0 Å². The van der Waals surface area contributed by atoms with Gasteiger partial charge in [-0.2, -0.15) is 0 Å². The van der Waals surface area contributed by atoms with Crippen molar-refractivity contribution in [3.8, 4) is 0 Å². The van der Waals surface area contributed by atoms with Gasteiger partial charge in [0.1, 0.15) is 0 Å². The second kappa shape index (κ2) is 6.57. The van der Waals surface area contributed by atoms with Gasteiger partial charge in [-0.3, -0.25) is 9.59 Å². The normalized spacial score (nSPS) is 26.2. The first-order valence-electron chi connectivity index (χ1n) is 7.74. The number of benzene rings is 1. The minimum atomic E-state index is -0.212. The van der Waals surface area contributed by atoms with Gasteiger partial charge in [-0.25, -0.2) is 0 Å². The summed E-state index contributed by atoms with van der Waals surface area (Å²) >= 11 is 1.34. The Bertz CT molecular complexity index is 627. The third-order valence-corrected chi connectivity index (χ3v) is 5.38. The average molecular weight is 316 g/mol. The van der Waals surface area contributed by atoms with E-state index in [1.54, 1.807) is 0 Å². The Balaban J connectivity index is 1.69. The number of hydrogen-bond donors (Lipinski definition) is 2. The fraction of sp³-hybridized carbons (Fsp3) is 0.412. The lowest BCUT2D eigenvalue weighted by molar-refractivity contribution is -0.118. The Kier molecular flexibility index (Phi) is 4.52. The quantitative estimate of drug-likeness (QED) is 0.823. The van der Waals surface area contributed by atoms with Crippen LogP contribution in [-0.2, 0) is 9.59 Å². The van der Waals surface area contributed by atoms with E-state index < -0.39 is 0 Å². The molecular formula is C17H20N2O2S. The highest BCUT2D eigenvalue weighted by atomic mass is 32.2. The van der Waals surface area contributed by atoms with E-state index in [2.05, 4.69) is 17.6 Å². The van der Waals surface area contributed by atoms with Crippen molar-refractivity contribution in [2.45, 2.75) is 43.5 Å². The number of carbonyl (C=O) groups excluding carboxylic acids is 2. The first kappa shape index (κ1) is 15.2. The number of rotatable bonds is 2. The van der Waals surface area contributed by atoms with Crippen LogP contribution < -0.4 is 10.6 Å². The van der Waals surface area contributed by atoms with Crippen LogP contribution in [0.25, 0.3) is 0 Å². The van der Waals surface area contributed by atoms with E-state index in [4.69, 9.17) is 0 Å². The lowest BCUT2D eigenvalue weighted by Crippen LogP contribution is -2.40. The molecule has 1 aliphatic carbocycles. The molecule has 2 aliphatic rings. The van der Waals surface area contributed by atoms with Crippen LogP contribution in [0, 0.1) is 5.92 Å². The average Bonchev–Trinajstić information content (AvgIpc) is 2.50. The molecule has 0 radical (unpaired) electrons. The van der Waals surface area contributed by atoms with Crippen LogP contribution in [-0.4, -0.2) is 17.9 Å². The number of fused-ring (bicyclic) bond motifs is 1. The van der Waals surface area contributed by atoms with Crippen molar-refractivity contribution < 1.29 is 9.59 Å². The molecular weight excluding hydrogens is 296 g/mol. The third kappa shape index (κ3) is 3.35. The lowest BCUT2D eigenvalue weighted by atomic mass is 9.86. The Morgan fingerprint density at radius 1 is 1.32 bits per heavy atom. The molecule has 1 aliphatic heterocycles. The van der Waals surface area contributed by atoms with Crippen molar-refractivity contribution in [1.29, 1.82) is 0 Å². The molecule has 1 saturated carbocycles. The molecule has 2 amide bonds. The van der Waals surface area contributed by atoms with Gasteiger partial charge in [0.05, 0.1) is 10.6 Å². The predicted octanol–water partition coefficient (Wildman–Crippen LogP) is 3.31. The van der Waals surface area contributed by atoms with Crippen LogP contribution in [0.15, 0.2) is 40.1 Å². The minimum Gasteiger partial charge on any atom is -0.350 e. The summed E-state index contributed by atoms with van der Waals surface area (Å²) in [6, 6.07) is 7.83. The highest BCUT2D eigenvalue weighted by molar-refractivity contribution is 8.04. The van der Waals surface area contributed by atoms with E-state index >= 15 is 0 Å². The van der Waals surface area contributed by atoms with E-state index in [0.717, 1.165) is 29.8 Å². The molecule has 0 spiro atoms. The van der Waals surface area contributed by atoms with Gasteiger partial charge < -0.3 is 10.6 Å². The maximum absolute atomic E-state index is 12.2. The smallest absolute Gasteiger partial charge is 0.262 e. The number of carbonyl (C=O) groups is 2. The molecule has 0 bridgehead atoms. The molecule has 22 heavy (non-hydrogen) atoms. The molecule has 3 rings (SSSR count). The zero-order valence-corrected chi connectivity index (χ0v) is 13.4. The molecule has 5 heteroatoms. The molecule has 2 unspecified atom stereocenters. The van der Waals surface area contributed by atoms with Crippen molar-refractivity contribution >= 4 is 29.3 Å². The summed E-state index contributed by atoms with van der Waals surface area (Å²) in [6.45, 7) is 2.18. The van der Waals surface area contributed by atoms with Crippen LogP contribution in [0.4, 0.5) is 5.69 Å². The van der Waals surface area contributed by atoms with Crippen LogP contribution in [0.3, 0.4) is 0 Å². The summed E-state index contributed by atoms with van der Waals surface area (Å²) in [5, 5.41) is 5.87. The molecule has 1 fully saturated rings. The molecule has 1 aromatic rings. The van der Waals surface area contributed by atoms with Crippen LogP contribution in [0.5, 0.6) is 0 Å². The minimum absolute atomic E-state index is 0.171. The SMILES string of the molecule is CC1CCCCC1NC(=O)/C=C1\Sc2ccccc2NC1=O. The highest BCUT2D eigenvalue weighted by Crippen LogP contribution is 2.37. The Labute approximate surface area is 134 Å². The standard InChI is InChI=1S/C17H20N2O2S/c1-11-6-2-3-7-12(11)18-16(20)10-15-17(21)19-13-8-4-5-9-14(13)22-15/h4-5,8-12H,2-3,6-7H2,1H3,(H,18,20)(H,19,21)/b15-10-.